The van der Waals surface area contributed by atoms with Gasteiger partial charge in [-0.1, -0.05) is 25.1 Å². The third kappa shape index (κ3) is 3.35. The molecule has 136 valence electrons. The van der Waals surface area contributed by atoms with Gasteiger partial charge in [-0.05, 0) is 26.3 Å². The lowest BCUT2D eigenvalue weighted by molar-refractivity contribution is -0.117. The van der Waals surface area contributed by atoms with Gasteiger partial charge < -0.3 is 0 Å². The van der Waals surface area contributed by atoms with Gasteiger partial charge in [-0.2, -0.15) is 5.10 Å². The zero-order chi connectivity index (χ0) is 18.7. The number of carbonyl (C=O) groups excluding carboxylic acids is 1. The van der Waals surface area contributed by atoms with E-state index >= 15 is 0 Å². The van der Waals surface area contributed by atoms with Crippen molar-refractivity contribution in [3.63, 3.8) is 0 Å². The van der Waals surface area contributed by atoms with Crippen molar-refractivity contribution in [1.82, 2.24) is 24.5 Å². The topological polar surface area (TPSA) is 94.7 Å². The predicted molar refractivity (Wildman–Crippen MR) is 99.0 cm³/mol. The molecule has 2 aromatic heterocycles. The molecule has 3 rings (SSSR count). The number of carbonyl (C=O) groups is 1. The number of rotatable bonds is 6. The number of anilines is 1. The number of benzene rings is 1. The summed E-state index contributed by atoms with van der Waals surface area (Å²) < 4.78 is 3.07. The maximum absolute atomic E-state index is 12.7. The molecular formula is C18H22N6O2. The largest absolute Gasteiger partial charge is 0.293 e. The molecule has 1 aromatic carbocycles. The Bertz CT molecular complexity index is 991. The highest BCUT2D eigenvalue weighted by Gasteiger charge is 2.22. The predicted octanol–water partition coefficient (Wildman–Crippen LogP) is 2.16. The second kappa shape index (κ2) is 7.47. The summed E-state index contributed by atoms with van der Waals surface area (Å²) in [4.78, 5) is 29.2. The second-order valence-corrected chi connectivity index (χ2v) is 6.09. The van der Waals surface area contributed by atoms with Crippen LogP contribution in [0.3, 0.4) is 0 Å². The molecule has 0 aliphatic rings. The van der Waals surface area contributed by atoms with Gasteiger partial charge in [0.25, 0.3) is 5.56 Å². The zero-order valence-electron chi connectivity index (χ0n) is 15.1. The highest BCUT2D eigenvalue weighted by Crippen LogP contribution is 2.22. The smallest absolute Gasteiger partial charge is 0.274 e. The normalized spacial score (nSPS) is 12.3. The molecule has 0 radical (unpaired) electrons. The molecule has 0 spiro atoms. The van der Waals surface area contributed by atoms with Crippen molar-refractivity contribution in [2.45, 2.75) is 46.2 Å². The lowest BCUT2D eigenvalue weighted by Gasteiger charge is -2.14. The quantitative estimate of drug-likeness (QED) is 0.732. The van der Waals surface area contributed by atoms with Crippen LogP contribution in [0.25, 0.3) is 10.8 Å². The number of aromatic nitrogens is 5. The van der Waals surface area contributed by atoms with Crippen molar-refractivity contribution in [3.05, 3.63) is 46.6 Å². The van der Waals surface area contributed by atoms with Gasteiger partial charge in [0.2, 0.25) is 11.9 Å². The summed E-state index contributed by atoms with van der Waals surface area (Å²) in [6.45, 7) is 6.83. The molecule has 1 amide bonds. The van der Waals surface area contributed by atoms with Gasteiger partial charge in [0.15, 0.2) is 0 Å². The fourth-order valence-electron chi connectivity index (χ4n) is 2.83. The standard InChI is InChI=1S/C18H22N6O2/c1-4-10-23-11-19-18(22-23)20-16(25)12(3)15-13-8-6-7-9-14(13)17(26)24(5-2)21-15/h6-9,11-12H,4-5,10H2,1-3H3,(H,20,22,25). The van der Waals surface area contributed by atoms with Crippen LogP contribution in [0.15, 0.2) is 35.4 Å². The molecule has 1 unspecified atom stereocenters. The van der Waals surface area contributed by atoms with E-state index in [0.29, 0.717) is 23.0 Å². The molecule has 8 heteroatoms. The van der Waals surface area contributed by atoms with E-state index in [-0.39, 0.29) is 17.4 Å². The van der Waals surface area contributed by atoms with Gasteiger partial charge >= 0.3 is 0 Å². The van der Waals surface area contributed by atoms with E-state index in [2.05, 4.69) is 20.5 Å². The monoisotopic (exact) mass is 354 g/mol. The fourth-order valence-corrected chi connectivity index (χ4v) is 2.83. The highest BCUT2D eigenvalue weighted by molar-refractivity contribution is 5.97. The fraction of sp³-hybridized carbons (Fsp3) is 0.389. The third-order valence-corrected chi connectivity index (χ3v) is 4.22. The minimum absolute atomic E-state index is 0.153. The average Bonchev–Trinajstić information content (AvgIpc) is 3.09. The Labute approximate surface area is 150 Å². The van der Waals surface area contributed by atoms with E-state index in [0.717, 1.165) is 13.0 Å². The van der Waals surface area contributed by atoms with Crippen molar-refractivity contribution < 1.29 is 4.79 Å². The first kappa shape index (κ1) is 17.8. The molecule has 1 atom stereocenters. The first-order valence-corrected chi connectivity index (χ1v) is 8.75. The minimum Gasteiger partial charge on any atom is -0.293 e. The Morgan fingerprint density at radius 3 is 2.62 bits per heavy atom. The SMILES string of the molecule is CCCn1cnc(NC(=O)C(C)c2nn(CC)c(=O)c3ccccc23)n1. The summed E-state index contributed by atoms with van der Waals surface area (Å²) >= 11 is 0. The molecule has 0 aliphatic carbocycles. The summed E-state index contributed by atoms with van der Waals surface area (Å²) in [5.74, 6) is -0.557. The molecular weight excluding hydrogens is 332 g/mol. The number of hydrogen-bond donors (Lipinski definition) is 1. The Morgan fingerprint density at radius 2 is 1.92 bits per heavy atom. The molecule has 0 aliphatic heterocycles. The summed E-state index contributed by atoms with van der Waals surface area (Å²) in [5.41, 5.74) is 0.409. The van der Waals surface area contributed by atoms with E-state index in [9.17, 15) is 9.59 Å². The van der Waals surface area contributed by atoms with E-state index < -0.39 is 5.92 Å². The maximum atomic E-state index is 12.7. The Hall–Kier alpha value is -3.03. The van der Waals surface area contributed by atoms with Crippen molar-refractivity contribution in [3.8, 4) is 0 Å². The number of nitrogens with zero attached hydrogens (tertiary/aromatic N) is 5. The van der Waals surface area contributed by atoms with Crippen molar-refractivity contribution in [2.75, 3.05) is 5.32 Å². The highest BCUT2D eigenvalue weighted by atomic mass is 16.2. The van der Waals surface area contributed by atoms with Crippen molar-refractivity contribution in [2.24, 2.45) is 0 Å². The maximum Gasteiger partial charge on any atom is 0.274 e. The van der Waals surface area contributed by atoms with E-state index in [1.165, 1.54) is 4.68 Å². The Balaban J connectivity index is 1.93. The van der Waals surface area contributed by atoms with Crippen LogP contribution < -0.4 is 10.9 Å². The molecule has 0 saturated heterocycles. The molecule has 1 N–H and O–H groups in total. The third-order valence-electron chi connectivity index (χ3n) is 4.22. The Kier molecular flexibility index (Phi) is 5.11. The van der Waals surface area contributed by atoms with Crippen LogP contribution >= 0.6 is 0 Å². The van der Waals surface area contributed by atoms with Gasteiger partial charge in [0, 0.05) is 18.5 Å². The van der Waals surface area contributed by atoms with Gasteiger partial charge in [0.05, 0.1) is 17.0 Å². The van der Waals surface area contributed by atoms with Crippen molar-refractivity contribution in [1.29, 1.82) is 0 Å². The van der Waals surface area contributed by atoms with Gasteiger partial charge in [-0.3, -0.25) is 19.6 Å². The first-order valence-electron chi connectivity index (χ1n) is 8.75. The van der Waals surface area contributed by atoms with E-state index in [4.69, 9.17) is 0 Å². The summed E-state index contributed by atoms with van der Waals surface area (Å²) in [5, 5.41) is 12.6. The lowest BCUT2D eigenvalue weighted by atomic mass is 10.0. The van der Waals surface area contributed by atoms with Crippen LogP contribution in [-0.2, 0) is 17.9 Å². The summed E-state index contributed by atoms with van der Waals surface area (Å²) in [6, 6.07) is 7.22. The van der Waals surface area contributed by atoms with Gasteiger partial charge in [0.1, 0.15) is 6.33 Å². The summed E-state index contributed by atoms with van der Waals surface area (Å²) in [7, 11) is 0. The molecule has 0 saturated carbocycles. The Morgan fingerprint density at radius 1 is 1.19 bits per heavy atom. The number of amides is 1. The van der Waals surface area contributed by atoms with Crippen LogP contribution in [0.2, 0.25) is 0 Å². The number of hydrogen-bond acceptors (Lipinski definition) is 5. The van der Waals surface area contributed by atoms with Crippen LogP contribution in [0.1, 0.15) is 38.8 Å². The molecule has 8 nitrogen and oxygen atoms in total. The van der Waals surface area contributed by atoms with Gasteiger partial charge in [-0.15, -0.1) is 5.10 Å². The first-order chi connectivity index (χ1) is 12.5. The molecule has 2 heterocycles. The lowest BCUT2D eigenvalue weighted by Crippen LogP contribution is -2.27. The second-order valence-electron chi connectivity index (χ2n) is 6.09. The zero-order valence-corrected chi connectivity index (χ0v) is 15.1. The van der Waals surface area contributed by atoms with Crippen LogP contribution in [-0.4, -0.2) is 30.5 Å². The number of fused-ring (bicyclic) bond motifs is 1. The number of aryl methyl sites for hydroxylation is 2. The van der Waals surface area contributed by atoms with E-state index in [1.54, 1.807) is 24.0 Å². The molecule has 0 fully saturated rings. The summed E-state index contributed by atoms with van der Waals surface area (Å²) in [6.07, 6.45) is 2.52. The molecule has 0 bridgehead atoms. The van der Waals surface area contributed by atoms with Crippen LogP contribution in [0, 0.1) is 0 Å². The van der Waals surface area contributed by atoms with Gasteiger partial charge in [-0.25, -0.2) is 9.67 Å². The molecule has 3 aromatic rings. The average molecular weight is 354 g/mol. The minimum atomic E-state index is -0.559. The number of nitrogens with one attached hydrogen (secondary N) is 1. The van der Waals surface area contributed by atoms with Crippen molar-refractivity contribution >= 4 is 22.6 Å². The van der Waals surface area contributed by atoms with Crippen LogP contribution in [0.4, 0.5) is 5.95 Å². The van der Waals surface area contributed by atoms with Crippen LogP contribution in [0.5, 0.6) is 0 Å². The van der Waals surface area contributed by atoms with E-state index in [1.807, 2.05) is 32.0 Å². The molecule has 26 heavy (non-hydrogen) atoms.